The maximum absolute atomic E-state index is 11.2. The Morgan fingerprint density at radius 2 is 2.44 bits per heavy atom. The van der Waals surface area contributed by atoms with E-state index >= 15 is 0 Å². The van der Waals surface area contributed by atoms with Crippen molar-refractivity contribution < 1.29 is 4.79 Å². The van der Waals surface area contributed by atoms with Gasteiger partial charge in [-0.1, -0.05) is 0 Å². The van der Waals surface area contributed by atoms with Gasteiger partial charge >= 0.3 is 0 Å². The molecule has 1 aromatic heterocycles. The van der Waals surface area contributed by atoms with Crippen LogP contribution in [0.1, 0.15) is 6.42 Å². The molecule has 2 rings (SSSR count). The minimum Gasteiger partial charge on any atom is -0.325 e. The molecule has 0 atom stereocenters. The number of benzene rings is 1. The molecule has 2 aromatic rings. The monoisotopic (exact) mass is 326 g/mol. The van der Waals surface area contributed by atoms with Gasteiger partial charge in [0, 0.05) is 11.1 Å². The van der Waals surface area contributed by atoms with Gasteiger partial charge in [-0.3, -0.25) is 9.89 Å². The van der Waals surface area contributed by atoms with Crippen LogP contribution < -0.4 is 5.32 Å². The first kappa shape index (κ1) is 10.9. The van der Waals surface area contributed by atoms with Gasteiger partial charge in [-0.2, -0.15) is 10.4 Å². The molecule has 0 aliphatic carbocycles. The molecule has 0 spiro atoms. The third-order valence-electron chi connectivity index (χ3n) is 2.03. The van der Waals surface area contributed by atoms with Crippen molar-refractivity contribution in [2.75, 3.05) is 5.32 Å². The summed E-state index contributed by atoms with van der Waals surface area (Å²) in [5.74, 6) is -0.313. The van der Waals surface area contributed by atoms with Crippen molar-refractivity contribution in [1.29, 1.82) is 5.26 Å². The summed E-state index contributed by atoms with van der Waals surface area (Å²) in [7, 11) is 0. The molecular formula is C10H7IN4O. The number of hydrogen-bond acceptors (Lipinski definition) is 3. The number of nitrogens with zero attached hydrogens (tertiary/aromatic N) is 2. The van der Waals surface area contributed by atoms with Crippen molar-refractivity contribution in [1.82, 2.24) is 10.2 Å². The second kappa shape index (κ2) is 4.49. The molecule has 0 aliphatic rings. The van der Waals surface area contributed by atoms with Crippen LogP contribution in [0.15, 0.2) is 18.2 Å². The van der Waals surface area contributed by atoms with E-state index in [-0.39, 0.29) is 12.3 Å². The van der Waals surface area contributed by atoms with Gasteiger partial charge in [-0.05, 0) is 40.8 Å². The maximum atomic E-state index is 11.2. The van der Waals surface area contributed by atoms with E-state index in [4.69, 9.17) is 5.26 Å². The summed E-state index contributed by atoms with van der Waals surface area (Å²) in [6.45, 7) is 0. The quantitative estimate of drug-likeness (QED) is 0.829. The van der Waals surface area contributed by atoms with Gasteiger partial charge in [-0.15, -0.1) is 0 Å². The second-order valence-corrected chi connectivity index (χ2v) is 4.23. The number of anilines is 1. The molecule has 0 saturated heterocycles. The third-order valence-corrected chi connectivity index (χ3v) is 2.85. The van der Waals surface area contributed by atoms with Crippen LogP contribution >= 0.6 is 22.6 Å². The van der Waals surface area contributed by atoms with Crippen LogP contribution in [0.4, 0.5) is 5.69 Å². The topological polar surface area (TPSA) is 81.6 Å². The highest BCUT2D eigenvalue weighted by atomic mass is 127. The lowest BCUT2D eigenvalue weighted by molar-refractivity contribution is -0.115. The van der Waals surface area contributed by atoms with Crippen molar-refractivity contribution >= 4 is 45.1 Å². The Kier molecular flexibility index (Phi) is 3.05. The van der Waals surface area contributed by atoms with E-state index in [0.717, 1.165) is 14.6 Å². The lowest BCUT2D eigenvalue weighted by Gasteiger charge is -2.01. The summed E-state index contributed by atoms with van der Waals surface area (Å²) in [5, 5.41) is 18.9. The summed E-state index contributed by atoms with van der Waals surface area (Å²) in [6, 6.07) is 7.23. The number of rotatable bonds is 2. The van der Waals surface area contributed by atoms with Gasteiger partial charge < -0.3 is 5.32 Å². The molecule has 1 heterocycles. The SMILES string of the molecule is N#CCC(=O)Nc1ccc2c(I)[nH]nc2c1. The molecule has 16 heavy (non-hydrogen) atoms. The summed E-state index contributed by atoms with van der Waals surface area (Å²) in [5.41, 5.74) is 1.44. The van der Waals surface area contributed by atoms with E-state index in [1.807, 2.05) is 6.07 Å². The van der Waals surface area contributed by atoms with Gasteiger partial charge in [0.15, 0.2) is 0 Å². The zero-order valence-electron chi connectivity index (χ0n) is 8.12. The number of H-pyrrole nitrogens is 1. The first-order valence-corrected chi connectivity index (χ1v) is 5.59. The molecule has 80 valence electrons. The zero-order chi connectivity index (χ0) is 11.5. The van der Waals surface area contributed by atoms with E-state index in [2.05, 4.69) is 38.1 Å². The number of aromatic nitrogens is 2. The molecule has 6 heteroatoms. The van der Waals surface area contributed by atoms with E-state index in [1.54, 1.807) is 18.2 Å². The van der Waals surface area contributed by atoms with Crippen LogP contribution in [0.5, 0.6) is 0 Å². The number of amides is 1. The Bertz CT molecular complexity index is 584. The first-order chi connectivity index (χ1) is 7.70. The zero-order valence-corrected chi connectivity index (χ0v) is 10.3. The van der Waals surface area contributed by atoms with Crippen LogP contribution in [0.2, 0.25) is 0 Å². The molecular weight excluding hydrogens is 319 g/mol. The van der Waals surface area contributed by atoms with Crippen molar-refractivity contribution in [3.8, 4) is 6.07 Å². The standard InChI is InChI=1S/C10H7IN4O/c11-10-7-2-1-6(5-8(7)14-15-10)13-9(16)3-4-12/h1-2,5H,3H2,(H,13,16)(H,14,15). The number of carbonyl (C=O) groups is 1. The van der Waals surface area contributed by atoms with Gasteiger partial charge in [0.1, 0.15) is 10.1 Å². The minimum atomic E-state index is -0.313. The normalized spacial score (nSPS) is 10.0. The summed E-state index contributed by atoms with van der Waals surface area (Å²) < 4.78 is 0.961. The number of nitriles is 1. The van der Waals surface area contributed by atoms with Crippen molar-refractivity contribution in [2.24, 2.45) is 0 Å². The number of nitrogens with one attached hydrogen (secondary N) is 2. The molecule has 0 aliphatic heterocycles. The highest BCUT2D eigenvalue weighted by Gasteiger charge is 2.05. The molecule has 5 nitrogen and oxygen atoms in total. The van der Waals surface area contributed by atoms with Crippen molar-refractivity contribution in [3.63, 3.8) is 0 Å². The van der Waals surface area contributed by atoms with Gasteiger partial charge in [0.25, 0.3) is 0 Å². The van der Waals surface area contributed by atoms with E-state index < -0.39 is 0 Å². The predicted octanol–water partition coefficient (Wildman–Crippen LogP) is 2.02. The number of aromatic amines is 1. The van der Waals surface area contributed by atoms with Crippen LogP contribution in [0.25, 0.3) is 10.9 Å². The van der Waals surface area contributed by atoms with Crippen molar-refractivity contribution in [3.05, 3.63) is 21.9 Å². The number of carbonyl (C=O) groups excluding carboxylic acids is 1. The van der Waals surface area contributed by atoms with Gasteiger partial charge in [-0.25, -0.2) is 0 Å². The van der Waals surface area contributed by atoms with Crippen LogP contribution in [0.3, 0.4) is 0 Å². The first-order valence-electron chi connectivity index (χ1n) is 4.51. The van der Waals surface area contributed by atoms with Gasteiger partial charge in [0.2, 0.25) is 5.91 Å². The molecule has 0 fully saturated rings. The smallest absolute Gasteiger partial charge is 0.238 e. The molecule has 0 saturated carbocycles. The Morgan fingerprint density at radius 3 is 3.19 bits per heavy atom. The Labute approximate surface area is 105 Å². The fourth-order valence-corrected chi connectivity index (χ4v) is 1.91. The Morgan fingerprint density at radius 1 is 1.62 bits per heavy atom. The largest absolute Gasteiger partial charge is 0.325 e. The average Bonchev–Trinajstić information content (AvgIpc) is 2.60. The molecule has 0 radical (unpaired) electrons. The Balaban J connectivity index is 2.27. The number of hydrogen-bond donors (Lipinski definition) is 2. The average molecular weight is 326 g/mol. The predicted molar refractivity (Wildman–Crippen MR) is 67.7 cm³/mol. The van der Waals surface area contributed by atoms with Crippen LogP contribution in [-0.4, -0.2) is 16.1 Å². The molecule has 1 aromatic carbocycles. The fraction of sp³-hybridized carbons (Fsp3) is 0.100. The fourth-order valence-electron chi connectivity index (χ4n) is 1.33. The highest BCUT2D eigenvalue weighted by molar-refractivity contribution is 14.1. The van der Waals surface area contributed by atoms with E-state index in [1.165, 1.54) is 0 Å². The molecule has 0 unspecified atom stereocenters. The van der Waals surface area contributed by atoms with Crippen molar-refractivity contribution in [2.45, 2.75) is 6.42 Å². The van der Waals surface area contributed by atoms with E-state index in [9.17, 15) is 4.79 Å². The number of halogens is 1. The number of fused-ring (bicyclic) bond motifs is 1. The van der Waals surface area contributed by atoms with Gasteiger partial charge in [0.05, 0.1) is 11.6 Å². The lowest BCUT2D eigenvalue weighted by atomic mass is 10.2. The Hall–Kier alpha value is -1.62. The molecule has 2 N–H and O–H groups in total. The summed E-state index contributed by atoms with van der Waals surface area (Å²) >= 11 is 2.16. The second-order valence-electron chi connectivity index (χ2n) is 3.15. The summed E-state index contributed by atoms with van der Waals surface area (Å²) in [6.07, 6.45) is -0.143. The summed E-state index contributed by atoms with van der Waals surface area (Å²) in [4.78, 5) is 11.2. The molecule has 0 bridgehead atoms. The minimum absolute atomic E-state index is 0.143. The maximum Gasteiger partial charge on any atom is 0.238 e. The lowest BCUT2D eigenvalue weighted by Crippen LogP contribution is -2.09. The van der Waals surface area contributed by atoms with Crippen LogP contribution in [0, 0.1) is 15.0 Å². The third kappa shape index (κ3) is 2.14. The van der Waals surface area contributed by atoms with Crippen LogP contribution in [-0.2, 0) is 4.79 Å². The van der Waals surface area contributed by atoms with E-state index in [0.29, 0.717) is 5.69 Å². The molecule has 1 amide bonds. The highest BCUT2D eigenvalue weighted by Crippen LogP contribution is 2.21.